The third-order valence-electron chi connectivity index (χ3n) is 3.93. The number of carbonyl (C=O) groups excluding carboxylic acids is 1. The number of phenolic OH excluding ortho intramolecular Hbond substituents is 1. The summed E-state index contributed by atoms with van der Waals surface area (Å²) in [7, 11) is 0. The summed E-state index contributed by atoms with van der Waals surface area (Å²) in [6.45, 7) is 2.07. The SMILES string of the molecule is CC(NC(=O)c1ccc(O)c(Cl)c1)C1CCCCC1. The molecular weight excluding hydrogens is 262 g/mol. The molecule has 19 heavy (non-hydrogen) atoms. The molecule has 3 nitrogen and oxygen atoms in total. The predicted octanol–water partition coefficient (Wildman–Crippen LogP) is 3.74. The number of carbonyl (C=O) groups is 1. The first-order chi connectivity index (χ1) is 9.08. The van der Waals surface area contributed by atoms with E-state index in [1.54, 1.807) is 6.07 Å². The summed E-state index contributed by atoms with van der Waals surface area (Å²) in [6.07, 6.45) is 6.21. The van der Waals surface area contributed by atoms with Crippen molar-refractivity contribution in [3.63, 3.8) is 0 Å². The third kappa shape index (κ3) is 3.63. The lowest BCUT2D eigenvalue weighted by atomic mass is 9.84. The highest BCUT2D eigenvalue weighted by Gasteiger charge is 2.22. The van der Waals surface area contributed by atoms with Gasteiger partial charge in [-0.2, -0.15) is 0 Å². The number of halogens is 1. The molecule has 0 aliphatic heterocycles. The highest BCUT2D eigenvalue weighted by atomic mass is 35.5. The van der Waals surface area contributed by atoms with Crippen LogP contribution in [-0.4, -0.2) is 17.1 Å². The maximum absolute atomic E-state index is 12.1. The van der Waals surface area contributed by atoms with Crippen LogP contribution < -0.4 is 5.32 Å². The highest BCUT2D eigenvalue weighted by Crippen LogP contribution is 2.27. The Kier molecular flexibility index (Phi) is 4.70. The van der Waals surface area contributed by atoms with Crippen molar-refractivity contribution in [2.75, 3.05) is 0 Å². The number of hydrogen-bond acceptors (Lipinski definition) is 2. The van der Waals surface area contributed by atoms with E-state index in [2.05, 4.69) is 12.2 Å². The molecule has 0 saturated heterocycles. The summed E-state index contributed by atoms with van der Waals surface area (Å²) in [5, 5.41) is 12.6. The van der Waals surface area contributed by atoms with Crippen LogP contribution in [0.2, 0.25) is 5.02 Å². The van der Waals surface area contributed by atoms with Crippen molar-refractivity contribution >= 4 is 17.5 Å². The van der Waals surface area contributed by atoms with Gasteiger partial charge in [-0.05, 0) is 43.9 Å². The lowest BCUT2D eigenvalue weighted by Crippen LogP contribution is -2.38. The first-order valence-corrected chi connectivity index (χ1v) is 7.25. The molecule has 1 atom stereocenters. The van der Waals surface area contributed by atoms with Gasteiger partial charge in [-0.15, -0.1) is 0 Å². The number of nitrogens with one attached hydrogen (secondary N) is 1. The van der Waals surface area contributed by atoms with Crippen LogP contribution in [0.15, 0.2) is 18.2 Å². The van der Waals surface area contributed by atoms with Gasteiger partial charge in [0.2, 0.25) is 0 Å². The Balaban J connectivity index is 1.97. The largest absolute Gasteiger partial charge is 0.506 e. The van der Waals surface area contributed by atoms with Gasteiger partial charge in [-0.25, -0.2) is 0 Å². The van der Waals surface area contributed by atoms with E-state index in [1.165, 1.54) is 44.2 Å². The first-order valence-electron chi connectivity index (χ1n) is 6.87. The maximum Gasteiger partial charge on any atom is 0.251 e. The Morgan fingerprint density at radius 1 is 1.37 bits per heavy atom. The lowest BCUT2D eigenvalue weighted by Gasteiger charge is -2.28. The van der Waals surface area contributed by atoms with Crippen LogP contribution in [0.5, 0.6) is 5.75 Å². The average Bonchev–Trinajstić information content (AvgIpc) is 2.42. The van der Waals surface area contributed by atoms with E-state index >= 15 is 0 Å². The molecule has 0 bridgehead atoms. The molecule has 1 aliphatic rings. The molecule has 1 saturated carbocycles. The topological polar surface area (TPSA) is 49.3 Å². The van der Waals surface area contributed by atoms with Gasteiger partial charge in [-0.3, -0.25) is 4.79 Å². The first kappa shape index (κ1) is 14.2. The average molecular weight is 282 g/mol. The van der Waals surface area contributed by atoms with Crippen molar-refractivity contribution in [3.8, 4) is 5.75 Å². The summed E-state index contributed by atoms with van der Waals surface area (Å²) >= 11 is 5.81. The number of aromatic hydroxyl groups is 1. The molecule has 104 valence electrons. The van der Waals surface area contributed by atoms with Crippen molar-refractivity contribution < 1.29 is 9.90 Å². The number of amides is 1. The minimum atomic E-state index is -0.125. The van der Waals surface area contributed by atoms with E-state index in [0.29, 0.717) is 11.5 Å². The van der Waals surface area contributed by atoms with Gasteiger partial charge in [0.25, 0.3) is 5.91 Å². The van der Waals surface area contributed by atoms with E-state index in [9.17, 15) is 9.90 Å². The second-order valence-electron chi connectivity index (χ2n) is 5.33. The highest BCUT2D eigenvalue weighted by molar-refractivity contribution is 6.32. The Hall–Kier alpha value is -1.22. The summed E-state index contributed by atoms with van der Waals surface area (Å²) < 4.78 is 0. The molecule has 1 unspecified atom stereocenters. The standard InChI is InChI=1S/C15H20ClNO2/c1-10(11-5-3-2-4-6-11)17-15(19)12-7-8-14(18)13(16)9-12/h7-11,18H,2-6H2,1H3,(H,17,19). The summed E-state index contributed by atoms with van der Waals surface area (Å²) in [5.41, 5.74) is 0.491. The van der Waals surface area contributed by atoms with Crippen LogP contribution in [0, 0.1) is 5.92 Å². The molecule has 1 aromatic rings. The number of benzene rings is 1. The van der Waals surface area contributed by atoms with Crippen LogP contribution in [0.3, 0.4) is 0 Å². The summed E-state index contributed by atoms with van der Waals surface area (Å²) in [5.74, 6) is 0.448. The van der Waals surface area contributed by atoms with Crippen molar-refractivity contribution in [2.24, 2.45) is 5.92 Å². The Morgan fingerprint density at radius 2 is 2.05 bits per heavy atom. The third-order valence-corrected chi connectivity index (χ3v) is 4.23. The Labute approximate surface area is 119 Å². The quantitative estimate of drug-likeness (QED) is 0.887. The van der Waals surface area contributed by atoms with Gasteiger partial charge < -0.3 is 10.4 Å². The Morgan fingerprint density at radius 3 is 2.68 bits per heavy atom. The number of hydrogen-bond donors (Lipinski definition) is 2. The van der Waals surface area contributed by atoms with Crippen LogP contribution in [-0.2, 0) is 0 Å². The van der Waals surface area contributed by atoms with E-state index < -0.39 is 0 Å². The zero-order valence-corrected chi connectivity index (χ0v) is 11.9. The second kappa shape index (κ2) is 6.29. The molecule has 1 amide bonds. The fourth-order valence-electron chi connectivity index (χ4n) is 2.69. The Bertz CT molecular complexity index is 455. The van der Waals surface area contributed by atoms with Gasteiger partial charge in [0.05, 0.1) is 5.02 Å². The van der Waals surface area contributed by atoms with Gasteiger partial charge in [-0.1, -0.05) is 30.9 Å². The zero-order valence-electron chi connectivity index (χ0n) is 11.2. The number of phenols is 1. The smallest absolute Gasteiger partial charge is 0.251 e. The van der Waals surface area contributed by atoms with Gasteiger partial charge in [0.15, 0.2) is 0 Å². The van der Waals surface area contributed by atoms with Crippen molar-refractivity contribution in [2.45, 2.75) is 45.1 Å². The molecule has 0 heterocycles. The fourth-order valence-corrected chi connectivity index (χ4v) is 2.87. The second-order valence-corrected chi connectivity index (χ2v) is 5.73. The maximum atomic E-state index is 12.1. The van der Waals surface area contributed by atoms with E-state index in [0.717, 1.165) is 0 Å². The minimum absolute atomic E-state index is 0.00135. The summed E-state index contributed by atoms with van der Waals surface area (Å²) in [4.78, 5) is 12.1. The molecule has 1 aromatic carbocycles. The summed E-state index contributed by atoms with van der Waals surface area (Å²) in [6, 6.07) is 4.72. The molecule has 0 radical (unpaired) electrons. The van der Waals surface area contributed by atoms with Crippen molar-refractivity contribution in [3.05, 3.63) is 28.8 Å². The normalized spacial score (nSPS) is 18.0. The zero-order chi connectivity index (χ0) is 13.8. The molecule has 1 aliphatic carbocycles. The molecule has 0 spiro atoms. The van der Waals surface area contributed by atoms with Crippen molar-refractivity contribution in [1.82, 2.24) is 5.32 Å². The lowest BCUT2D eigenvalue weighted by molar-refractivity contribution is 0.0919. The van der Waals surface area contributed by atoms with Gasteiger partial charge in [0, 0.05) is 11.6 Å². The molecule has 2 N–H and O–H groups in total. The van der Waals surface area contributed by atoms with Crippen LogP contribution >= 0.6 is 11.6 Å². The monoisotopic (exact) mass is 281 g/mol. The minimum Gasteiger partial charge on any atom is -0.506 e. The van der Waals surface area contributed by atoms with E-state index in [1.807, 2.05) is 0 Å². The van der Waals surface area contributed by atoms with E-state index in [4.69, 9.17) is 11.6 Å². The van der Waals surface area contributed by atoms with Gasteiger partial charge >= 0.3 is 0 Å². The van der Waals surface area contributed by atoms with Crippen LogP contribution in [0.4, 0.5) is 0 Å². The van der Waals surface area contributed by atoms with E-state index in [-0.39, 0.29) is 22.7 Å². The molecule has 4 heteroatoms. The van der Waals surface area contributed by atoms with Crippen LogP contribution in [0.25, 0.3) is 0 Å². The van der Waals surface area contributed by atoms with Crippen molar-refractivity contribution in [1.29, 1.82) is 0 Å². The molecular formula is C15H20ClNO2. The van der Waals surface area contributed by atoms with Crippen LogP contribution in [0.1, 0.15) is 49.4 Å². The molecule has 0 aromatic heterocycles. The molecule has 2 rings (SSSR count). The molecule has 1 fully saturated rings. The van der Waals surface area contributed by atoms with Gasteiger partial charge in [0.1, 0.15) is 5.75 Å². The fraction of sp³-hybridized carbons (Fsp3) is 0.533. The predicted molar refractivity (Wildman–Crippen MR) is 76.6 cm³/mol. The number of rotatable bonds is 3.